The number of carbonyl (C=O) groups excluding carboxylic acids is 1. The van der Waals surface area contributed by atoms with Gasteiger partial charge in [0.2, 0.25) is 0 Å². The molecule has 0 aliphatic carbocycles. The van der Waals surface area contributed by atoms with Gasteiger partial charge in [-0.15, -0.1) is 0 Å². The van der Waals surface area contributed by atoms with Crippen molar-refractivity contribution in [3.05, 3.63) is 29.3 Å². The lowest BCUT2D eigenvalue weighted by Crippen LogP contribution is -1.98. The van der Waals surface area contributed by atoms with E-state index in [2.05, 4.69) is 0 Å². The molecule has 2 N–H and O–H groups in total. The Morgan fingerprint density at radius 1 is 1.44 bits per heavy atom. The minimum absolute atomic E-state index is 0.0108. The van der Waals surface area contributed by atoms with Gasteiger partial charge in [0, 0.05) is 17.7 Å². The molecule has 0 amide bonds. The normalized spacial score (nSPS) is 10.6. The highest BCUT2D eigenvalue weighted by Crippen LogP contribution is 2.27. The number of phenolic OH excluding ortho intramolecular Hbond substituents is 2. The predicted octanol–water partition coefficient (Wildman–Crippen LogP) is 1.98. The number of aryl methyl sites for hydroxylation is 1. The van der Waals surface area contributed by atoms with E-state index in [9.17, 15) is 15.0 Å². The Labute approximate surface area is 93.8 Å². The number of benzene rings is 1. The first-order valence-corrected chi connectivity index (χ1v) is 4.92. The van der Waals surface area contributed by atoms with E-state index >= 15 is 0 Å². The van der Waals surface area contributed by atoms with Crippen LogP contribution in [-0.2, 0) is 9.53 Å². The molecule has 0 saturated heterocycles. The summed E-state index contributed by atoms with van der Waals surface area (Å²) in [4.78, 5) is 11.1. The first kappa shape index (κ1) is 12.1. The van der Waals surface area contributed by atoms with Crippen molar-refractivity contribution in [3.63, 3.8) is 0 Å². The van der Waals surface area contributed by atoms with Crippen LogP contribution in [0.15, 0.2) is 18.2 Å². The van der Waals surface area contributed by atoms with E-state index in [1.165, 1.54) is 24.3 Å². The first-order chi connectivity index (χ1) is 7.54. The number of rotatable bonds is 3. The molecule has 0 aliphatic rings. The average Bonchev–Trinajstić information content (AvgIpc) is 2.16. The maximum absolute atomic E-state index is 11.1. The van der Waals surface area contributed by atoms with Crippen molar-refractivity contribution in [3.8, 4) is 11.5 Å². The van der Waals surface area contributed by atoms with Gasteiger partial charge in [0.05, 0.1) is 6.61 Å². The van der Waals surface area contributed by atoms with Crippen molar-refractivity contribution in [2.24, 2.45) is 0 Å². The van der Waals surface area contributed by atoms with Crippen LogP contribution in [0.4, 0.5) is 0 Å². The molecule has 86 valence electrons. The first-order valence-electron chi connectivity index (χ1n) is 4.92. The predicted molar refractivity (Wildman–Crippen MR) is 60.2 cm³/mol. The zero-order valence-electron chi connectivity index (χ0n) is 9.23. The molecule has 0 bridgehead atoms. The van der Waals surface area contributed by atoms with Crippen LogP contribution in [0.5, 0.6) is 11.5 Å². The molecule has 0 spiro atoms. The Bertz CT molecular complexity index is 398. The van der Waals surface area contributed by atoms with E-state index in [0.29, 0.717) is 17.7 Å². The lowest BCUT2D eigenvalue weighted by molar-refractivity contribution is -0.137. The van der Waals surface area contributed by atoms with Gasteiger partial charge >= 0.3 is 5.97 Å². The molecule has 0 heterocycles. The van der Waals surface area contributed by atoms with E-state index < -0.39 is 5.97 Å². The Morgan fingerprint density at radius 3 is 2.69 bits per heavy atom. The van der Waals surface area contributed by atoms with Gasteiger partial charge in [-0.1, -0.05) is 0 Å². The molecular weight excluding hydrogens is 208 g/mol. The van der Waals surface area contributed by atoms with Crippen LogP contribution in [-0.4, -0.2) is 22.8 Å². The van der Waals surface area contributed by atoms with Crippen LogP contribution in [0.1, 0.15) is 18.1 Å². The number of hydrogen-bond acceptors (Lipinski definition) is 4. The summed E-state index contributed by atoms with van der Waals surface area (Å²) in [6, 6.07) is 2.72. The van der Waals surface area contributed by atoms with E-state index in [4.69, 9.17) is 4.74 Å². The number of ether oxygens (including phenoxy) is 1. The average molecular weight is 222 g/mol. The Balaban J connectivity index is 2.93. The zero-order valence-corrected chi connectivity index (χ0v) is 9.23. The number of phenols is 2. The van der Waals surface area contributed by atoms with Crippen LogP contribution in [0, 0.1) is 6.92 Å². The smallest absolute Gasteiger partial charge is 0.330 e. The van der Waals surface area contributed by atoms with Crippen LogP contribution >= 0.6 is 0 Å². The maximum atomic E-state index is 11.1. The van der Waals surface area contributed by atoms with Crippen LogP contribution < -0.4 is 0 Å². The molecule has 0 radical (unpaired) electrons. The minimum Gasteiger partial charge on any atom is -0.508 e. The molecule has 1 aromatic carbocycles. The Morgan fingerprint density at radius 2 is 2.12 bits per heavy atom. The van der Waals surface area contributed by atoms with E-state index in [1.54, 1.807) is 13.8 Å². The summed E-state index contributed by atoms with van der Waals surface area (Å²) < 4.78 is 4.71. The molecule has 1 aromatic rings. The van der Waals surface area contributed by atoms with Crippen molar-refractivity contribution >= 4 is 12.0 Å². The lowest BCUT2D eigenvalue weighted by Gasteiger charge is -2.04. The van der Waals surface area contributed by atoms with Crippen molar-refractivity contribution < 1.29 is 19.7 Å². The van der Waals surface area contributed by atoms with Gasteiger partial charge < -0.3 is 14.9 Å². The summed E-state index contributed by atoms with van der Waals surface area (Å²) in [5, 5.41) is 18.8. The van der Waals surface area contributed by atoms with Crippen molar-refractivity contribution in [2.75, 3.05) is 6.61 Å². The Kier molecular flexibility index (Phi) is 3.94. The topological polar surface area (TPSA) is 66.8 Å². The second-order valence-electron chi connectivity index (χ2n) is 3.28. The van der Waals surface area contributed by atoms with Gasteiger partial charge in [-0.2, -0.15) is 0 Å². The highest BCUT2D eigenvalue weighted by atomic mass is 16.5. The maximum Gasteiger partial charge on any atom is 0.330 e. The standard InChI is InChI=1S/C12H14O4/c1-3-16-12(15)5-4-10-8(2)6-9(13)7-11(10)14/h4-7,13-14H,3H2,1-2H3. The summed E-state index contributed by atoms with van der Waals surface area (Å²) in [6.07, 6.45) is 2.70. The fourth-order valence-corrected chi connectivity index (χ4v) is 1.32. The van der Waals surface area contributed by atoms with Crippen LogP contribution in [0.25, 0.3) is 6.08 Å². The molecule has 0 unspecified atom stereocenters. The SMILES string of the molecule is CCOC(=O)C=Cc1c(C)cc(O)cc1O. The van der Waals surface area contributed by atoms with E-state index in [1.807, 2.05) is 0 Å². The quantitative estimate of drug-likeness (QED) is 0.606. The second kappa shape index (κ2) is 5.21. The molecule has 0 atom stereocenters. The highest BCUT2D eigenvalue weighted by Gasteiger charge is 2.04. The molecule has 4 heteroatoms. The molecular formula is C12H14O4. The number of carbonyl (C=O) groups is 1. The monoisotopic (exact) mass is 222 g/mol. The van der Waals surface area contributed by atoms with Gasteiger partial charge in [0.1, 0.15) is 11.5 Å². The highest BCUT2D eigenvalue weighted by molar-refractivity contribution is 5.88. The van der Waals surface area contributed by atoms with Gasteiger partial charge in [-0.3, -0.25) is 0 Å². The van der Waals surface area contributed by atoms with Crippen molar-refractivity contribution in [2.45, 2.75) is 13.8 Å². The third kappa shape index (κ3) is 3.02. The van der Waals surface area contributed by atoms with Crippen molar-refractivity contribution in [1.29, 1.82) is 0 Å². The summed E-state index contributed by atoms with van der Waals surface area (Å²) in [7, 11) is 0. The number of esters is 1. The number of hydrogen-bond donors (Lipinski definition) is 2. The molecule has 4 nitrogen and oxygen atoms in total. The molecule has 0 aromatic heterocycles. The van der Waals surface area contributed by atoms with Gasteiger partial charge in [-0.25, -0.2) is 4.79 Å². The fraction of sp³-hybridized carbons (Fsp3) is 0.250. The van der Waals surface area contributed by atoms with Gasteiger partial charge in [-0.05, 0) is 31.6 Å². The van der Waals surface area contributed by atoms with E-state index in [0.717, 1.165) is 0 Å². The van der Waals surface area contributed by atoms with Crippen LogP contribution in [0.2, 0.25) is 0 Å². The summed E-state index contributed by atoms with van der Waals surface area (Å²) in [5.41, 5.74) is 1.17. The van der Waals surface area contributed by atoms with Crippen molar-refractivity contribution in [1.82, 2.24) is 0 Å². The summed E-state index contributed by atoms with van der Waals surface area (Å²) in [6.45, 7) is 3.75. The van der Waals surface area contributed by atoms with Crippen LogP contribution in [0.3, 0.4) is 0 Å². The zero-order chi connectivity index (χ0) is 12.1. The minimum atomic E-state index is -0.464. The summed E-state index contributed by atoms with van der Waals surface area (Å²) in [5.74, 6) is -0.546. The second-order valence-corrected chi connectivity index (χ2v) is 3.28. The van der Waals surface area contributed by atoms with Gasteiger partial charge in [0.25, 0.3) is 0 Å². The third-order valence-corrected chi connectivity index (χ3v) is 2.02. The number of aromatic hydroxyl groups is 2. The van der Waals surface area contributed by atoms with Gasteiger partial charge in [0.15, 0.2) is 0 Å². The van der Waals surface area contributed by atoms with E-state index in [-0.39, 0.29) is 11.5 Å². The fourth-order valence-electron chi connectivity index (χ4n) is 1.32. The summed E-state index contributed by atoms with van der Waals surface area (Å²) >= 11 is 0. The molecule has 0 aliphatic heterocycles. The Hall–Kier alpha value is -1.97. The third-order valence-electron chi connectivity index (χ3n) is 2.02. The molecule has 0 saturated carbocycles. The molecule has 0 fully saturated rings. The molecule has 1 rings (SSSR count). The largest absolute Gasteiger partial charge is 0.508 e. The molecule has 16 heavy (non-hydrogen) atoms. The lowest BCUT2D eigenvalue weighted by atomic mass is 10.1.